The molecule has 0 aromatic carbocycles. The quantitative estimate of drug-likeness (QED) is 0.790. The van der Waals surface area contributed by atoms with Gasteiger partial charge in [-0.3, -0.25) is 0 Å². The Morgan fingerprint density at radius 3 is 2.71 bits per heavy atom. The highest BCUT2D eigenvalue weighted by atomic mass is 16.3. The van der Waals surface area contributed by atoms with Crippen molar-refractivity contribution in [1.82, 2.24) is 9.97 Å². The van der Waals surface area contributed by atoms with Gasteiger partial charge in [0.25, 0.3) is 0 Å². The van der Waals surface area contributed by atoms with Crippen LogP contribution in [0.25, 0.3) is 0 Å². The summed E-state index contributed by atoms with van der Waals surface area (Å²) in [5.41, 5.74) is 5.90. The maximum atomic E-state index is 5.90. The molecule has 0 aliphatic rings. The molecule has 0 aliphatic heterocycles. The zero-order valence-corrected chi connectivity index (χ0v) is 7.63. The van der Waals surface area contributed by atoms with E-state index < -0.39 is 0 Å². The summed E-state index contributed by atoms with van der Waals surface area (Å²) in [6.45, 7) is 0. The van der Waals surface area contributed by atoms with Gasteiger partial charge in [-0.1, -0.05) is 0 Å². The summed E-state index contributed by atoms with van der Waals surface area (Å²) in [6.07, 6.45) is 5.62. The molecule has 0 radical (unpaired) electrons. The van der Waals surface area contributed by atoms with Gasteiger partial charge >= 0.3 is 0 Å². The van der Waals surface area contributed by atoms with Crippen molar-refractivity contribution in [2.75, 3.05) is 0 Å². The van der Waals surface area contributed by atoms with Gasteiger partial charge < -0.3 is 10.2 Å². The molecule has 4 heteroatoms. The molecule has 1 atom stereocenters. The first-order chi connectivity index (χ1) is 6.86. The summed E-state index contributed by atoms with van der Waals surface area (Å²) in [6, 6.07) is 5.29. The second kappa shape index (κ2) is 4.02. The van der Waals surface area contributed by atoms with Crippen LogP contribution in [0.2, 0.25) is 0 Å². The Kier molecular flexibility index (Phi) is 2.55. The maximum absolute atomic E-state index is 5.90. The molecule has 14 heavy (non-hydrogen) atoms. The van der Waals surface area contributed by atoms with Gasteiger partial charge in [0, 0.05) is 18.8 Å². The van der Waals surface area contributed by atoms with Crippen molar-refractivity contribution >= 4 is 0 Å². The summed E-state index contributed by atoms with van der Waals surface area (Å²) >= 11 is 0. The minimum absolute atomic E-state index is 0.206. The third-order valence-corrected chi connectivity index (χ3v) is 1.92. The van der Waals surface area contributed by atoms with Crippen LogP contribution in [-0.2, 0) is 6.42 Å². The minimum atomic E-state index is -0.206. The molecule has 2 heterocycles. The van der Waals surface area contributed by atoms with Gasteiger partial charge in [-0.15, -0.1) is 0 Å². The molecule has 2 rings (SSSR count). The number of hydrogen-bond donors (Lipinski definition) is 1. The topological polar surface area (TPSA) is 64.9 Å². The Labute approximate surface area is 81.8 Å². The molecule has 0 fully saturated rings. The molecule has 2 N–H and O–H groups in total. The van der Waals surface area contributed by atoms with Crippen molar-refractivity contribution in [3.05, 3.63) is 48.4 Å². The predicted octanol–water partition coefficient (Wildman–Crippen LogP) is 1.31. The van der Waals surface area contributed by atoms with Gasteiger partial charge in [-0.25, -0.2) is 9.97 Å². The van der Waals surface area contributed by atoms with Crippen LogP contribution in [0, 0.1) is 0 Å². The molecular formula is C10H11N3O. The zero-order chi connectivity index (χ0) is 9.80. The Hall–Kier alpha value is -1.68. The number of nitrogens with two attached hydrogens (primary N) is 1. The van der Waals surface area contributed by atoms with E-state index >= 15 is 0 Å². The van der Waals surface area contributed by atoms with Gasteiger partial charge in [0.05, 0.1) is 12.3 Å². The molecule has 0 aliphatic carbocycles. The van der Waals surface area contributed by atoms with E-state index in [0.717, 1.165) is 5.76 Å². The van der Waals surface area contributed by atoms with E-state index in [-0.39, 0.29) is 6.04 Å². The predicted molar refractivity (Wildman–Crippen MR) is 51.4 cm³/mol. The molecule has 0 amide bonds. The molecule has 1 unspecified atom stereocenters. The van der Waals surface area contributed by atoms with E-state index in [0.29, 0.717) is 12.2 Å². The number of aromatic nitrogens is 2. The molecule has 2 aromatic heterocycles. The third kappa shape index (κ3) is 1.97. The third-order valence-electron chi connectivity index (χ3n) is 1.92. The monoisotopic (exact) mass is 189 g/mol. The molecule has 2 aromatic rings. The van der Waals surface area contributed by atoms with E-state index in [1.54, 1.807) is 24.7 Å². The molecule has 0 spiro atoms. The fourth-order valence-electron chi connectivity index (χ4n) is 1.24. The maximum Gasteiger partial charge on any atom is 0.145 e. The average Bonchev–Trinajstić information content (AvgIpc) is 2.72. The fraction of sp³-hybridized carbons (Fsp3) is 0.200. The fourth-order valence-corrected chi connectivity index (χ4v) is 1.24. The van der Waals surface area contributed by atoms with E-state index in [1.165, 1.54) is 0 Å². The Morgan fingerprint density at radius 2 is 2.07 bits per heavy atom. The van der Waals surface area contributed by atoms with Crippen LogP contribution in [0.4, 0.5) is 0 Å². The van der Waals surface area contributed by atoms with Crippen LogP contribution >= 0.6 is 0 Å². The first kappa shape index (κ1) is 8.90. The first-order valence-corrected chi connectivity index (χ1v) is 4.41. The van der Waals surface area contributed by atoms with Crippen LogP contribution in [0.3, 0.4) is 0 Å². The zero-order valence-electron chi connectivity index (χ0n) is 7.63. The van der Waals surface area contributed by atoms with Crippen molar-refractivity contribution in [2.45, 2.75) is 12.5 Å². The number of rotatable bonds is 3. The molecule has 0 saturated heterocycles. The molecule has 72 valence electrons. The van der Waals surface area contributed by atoms with E-state index in [1.807, 2.05) is 12.1 Å². The highest BCUT2D eigenvalue weighted by Crippen LogP contribution is 2.11. The first-order valence-electron chi connectivity index (χ1n) is 4.41. The Bertz CT molecular complexity index is 372. The van der Waals surface area contributed by atoms with Crippen molar-refractivity contribution in [3.8, 4) is 0 Å². The van der Waals surface area contributed by atoms with E-state index in [9.17, 15) is 0 Å². The van der Waals surface area contributed by atoms with Gasteiger partial charge in [0.2, 0.25) is 0 Å². The van der Waals surface area contributed by atoms with Crippen LogP contribution in [0.1, 0.15) is 17.6 Å². The van der Waals surface area contributed by atoms with Crippen molar-refractivity contribution in [1.29, 1.82) is 0 Å². The number of furan rings is 1. The lowest BCUT2D eigenvalue weighted by molar-refractivity contribution is 0.482. The summed E-state index contributed by atoms with van der Waals surface area (Å²) in [4.78, 5) is 8.16. The summed E-state index contributed by atoms with van der Waals surface area (Å²) < 4.78 is 5.19. The van der Waals surface area contributed by atoms with Crippen molar-refractivity contribution in [2.24, 2.45) is 5.73 Å². The summed E-state index contributed by atoms with van der Waals surface area (Å²) in [5.74, 6) is 1.49. The van der Waals surface area contributed by atoms with E-state index in [4.69, 9.17) is 10.2 Å². The second-order valence-electron chi connectivity index (χ2n) is 3.00. The van der Waals surface area contributed by atoms with Crippen molar-refractivity contribution < 1.29 is 4.42 Å². The summed E-state index contributed by atoms with van der Waals surface area (Å²) in [5, 5.41) is 0. The number of hydrogen-bond acceptors (Lipinski definition) is 4. The lowest BCUT2D eigenvalue weighted by Gasteiger charge is -2.06. The lowest BCUT2D eigenvalue weighted by atomic mass is 10.2. The standard InChI is InChI=1S/C10H11N3O/c11-9(7-8-3-1-6-14-8)10-12-4-2-5-13-10/h1-6,9H,7,11H2. The normalized spacial score (nSPS) is 12.6. The van der Waals surface area contributed by atoms with Crippen LogP contribution in [0.5, 0.6) is 0 Å². The lowest BCUT2D eigenvalue weighted by Crippen LogP contribution is -2.15. The molecule has 0 bridgehead atoms. The van der Waals surface area contributed by atoms with Crippen LogP contribution in [0.15, 0.2) is 41.3 Å². The average molecular weight is 189 g/mol. The molecule has 4 nitrogen and oxygen atoms in total. The smallest absolute Gasteiger partial charge is 0.145 e. The van der Waals surface area contributed by atoms with Crippen molar-refractivity contribution in [3.63, 3.8) is 0 Å². The highest BCUT2D eigenvalue weighted by molar-refractivity contribution is 5.04. The minimum Gasteiger partial charge on any atom is -0.469 e. The highest BCUT2D eigenvalue weighted by Gasteiger charge is 2.10. The summed E-state index contributed by atoms with van der Waals surface area (Å²) in [7, 11) is 0. The molecule has 0 saturated carbocycles. The Balaban J connectivity index is 2.07. The van der Waals surface area contributed by atoms with Gasteiger partial charge in [-0.05, 0) is 18.2 Å². The second-order valence-corrected chi connectivity index (χ2v) is 3.00. The van der Waals surface area contributed by atoms with Gasteiger partial charge in [0.15, 0.2) is 0 Å². The SMILES string of the molecule is NC(Cc1ccco1)c1ncccn1. The Morgan fingerprint density at radius 1 is 1.29 bits per heavy atom. The van der Waals surface area contributed by atoms with Crippen LogP contribution < -0.4 is 5.73 Å². The molecular weight excluding hydrogens is 178 g/mol. The number of nitrogens with zero attached hydrogens (tertiary/aromatic N) is 2. The van der Waals surface area contributed by atoms with Crippen LogP contribution in [-0.4, -0.2) is 9.97 Å². The largest absolute Gasteiger partial charge is 0.469 e. The van der Waals surface area contributed by atoms with E-state index in [2.05, 4.69) is 9.97 Å². The van der Waals surface area contributed by atoms with Gasteiger partial charge in [0.1, 0.15) is 11.6 Å². The van der Waals surface area contributed by atoms with Gasteiger partial charge in [-0.2, -0.15) is 0 Å².